The molecule has 3 rings (SSSR count). The van der Waals surface area contributed by atoms with Gasteiger partial charge in [0, 0.05) is 42.4 Å². The van der Waals surface area contributed by atoms with E-state index in [1.54, 1.807) is 29.2 Å². The van der Waals surface area contributed by atoms with Gasteiger partial charge in [-0.2, -0.15) is 0 Å². The Labute approximate surface area is 158 Å². The predicted molar refractivity (Wildman–Crippen MR) is 101 cm³/mol. The standard InChI is InChI=1S/C21H23FN2O3/c1-2-24(13-15-10-11-27-14-15)21(26)17-4-3-5-19(12-17)23-20(25)16-6-8-18(22)9-7-16/h3-9,12,15H,2,10-11,13-14H2,1H3,(H,23,25)/t15-/m1/s1. The largest absolute Gasteiger partial charge is 0.381 e. The Morgan fingerprint density at radius 1 is 1.19 bits per heavy atom. The number of carbonyl (C=O) groups excluding carboxylic acids is 2. The van der Waals surface area contributed by atoms with Gasteiger partial charge in [-0.1, -0.05) is 6.07 Å². The Bertz CT molecular complexity index is 801. The first-order valence-electron chi connectivity index (χ1n) is 9.11. The van der Waals surface area contributed by atoms with Crippen molar-refractivity contribution in [3.05, 3.63) is 65.5 Å². The van der Waals surface area contributed by atoms with Crippen LogP contribution in [0.25, 0.3) is 0 Å². The fourth-order valence-corrected chi connectivity index (χ4v) is 3.11. The van der Waals surface area contributed by atoms with E-state index >= 15 is 0 Å². The Kier molecular flexibility index (Phi) is 6.19. The molecular formula is C21H23FN2O3. The van der Waals surface area contributed by atoms with Gasteiger partial charge in [0.05, 0.1) is 6.61 Å². The van der Waals surface area contributed by atoms with Crippen LogP contribution in [-0.4, -0.2) is 43.0 Å². The van der Waals surface area contributed by atoms with E-state index in [9.17, 15) is 14.0 Å². The second kappa shape index (κ2) is 8.77. The molecule has 0 spiro atoms. The number of hydrogen-bond donors (Lipinski definition) is 1. The molecule has 0 aromatic heterocycles. The van der Waals surface area contributed by atoms with Gasteiger partial charge >= 0.3 is 0 Å². The number of anilines is 1. The number of nitrogens with zero attached hydrogens (tertiary/aromatic N) is 1. The van der Waals surface area contributed by atoms with E-state index in [0.717, 1.165) is 13.0 Å². The molecule has 1 aliphatic rings. The highest BCUT2D eigenvalue weighted by Gasteiger charge is 2.22. The quantitative estimate of drug-likeness (QED) is 0.846. The molecule has 1 heterocycles. The molecule has 27 heavy (non-hydrogen) atoms. The van der Waals surface area contributed by atoms with Crippen molar-refractivity contribution >= 4 is 17.5 Å². The zero-order valence-electron chi connectivity index (χ0n) is 15.3. The SMILES string of the molecule is CCN(C[C@H]1CCOC1)C(=O)c1cccc(NC(=O)c2ccc(F)cc2)c1. The van der Waals surface area contributed by atoms with Crippen molar-refractivity contribution < 1.29 is 18.7 Å². The number of halogens is 1. The molecule has 1 aliphatic heterocycles. The minimum atomic E-state index is -0.397. The Morgan fingerprint density at radius 3 is 2.63 bits per heavy atom. The second-order valence-corrected chi connectivity index (χ2v) is 6.62. The van der Waals surface area contributed by atoms with Gasteiger partial charge in [0.1, 0.15) is 5.82 Å². The van der Waals surface area contributed by atoms with Gasteiger partial charge in [0.25, 0.3) is 11.8 Å². The molecule has 1 atom stereocenters. The summed E-state index contributed by atoms with van der Waals surface area (Å²) in [5.41, 5.74) is 1.40. The first-order valence-corrected chi connectivity index (χ1v) is 9.11. The van der Waals surface area contributed by atoms with Crippen LogP contribution < -0.4 is 5.32 Å². The highest BCUT2D eigenvalue weighted by atomic mass is 19.1. The van der Waals surface area contributed by atoms with Crippen LogP contribution in [0.1, 0.15) is 34.1 Å². The number of nitrogens with one attached hydrogen (secondary N) is 1. The smallest absolute Gasteiger partial charge is 0.255 e. The topological polar surface area (TPSA) is 58.6 Å². The van der Waals surface area contributed by atoms with Gasteiger partial charge in [-0.3, -0.25) is 9.59 Å². The molecule has 2 aromatic carbocycles. The van der Waals surface area contributed by atoms with Crippen LogP contribution in [0.3, 0.4) is 0 Å². The number of carbonyl (C=O) groups is 2. The summed E-state index contributed by atoms with van der Waals surface area (Å²) in [6, 6.07) is 12.2. The van der Waals surface area contributed by atoms with Crippen LogP contribution in [-0.2, 0) is 4.74 Å². The predicted octanol–water partition coefficient (Wildman–Crippen LogP) is 3.58. The monoisotopic (exact) mass is 370 g/mol. The molecule has 1 saturated heterocycles. The van der Waals surface area contributed by atoms with Crippen LogP contribution in [0.2, 0.25) is 0 Å². The highest BCUT2D eigenvalue weighted by Crippen LogP contribution is 2.18. The summed E-state index contributed by atoms with van der Waals surface area (Å²) in [5, 5.41) is 2.75. The maximum atomic E-state index is 13.0. The van der Waals surface area contributed by atoms with Gasteiger partial charge in [-0.25, -0.2) is 4.39 Å². The van der Waals surface area contributed by atoms with Crippen molar-refractivity contribution in [2.75, 3.05) is 31.6 Å². The van der Waals surface area contributed by atoms with E-state index in [0.29, 0.717) is 42.4 Å². The summed E-state index contributed by atoms with van der Waals surface area (Å²) in [6.45, 7) is 4.68. The summed E-state index contributed by atoms with van der Waals surface area (Å²) in [5.74, 6) is -0.445. The van der Waals surface area contributed by atoms with E-state index in [-0.39, 0.29) is 11.8 Å². The van der Waals surface area contributed by atoms with Gasteiger partial charge in [0.15, 0.2) is 0 Å². The zero-order chi connectivity index (χ0) is 19.2. The Hall–Kier alpha value is -2.73. The Morgan fingerprint density at radius 2 is 1.96 bits per heavy atom. The molecule has 0 radical (unpaired) electrons. The van der Waals surface area contributed by atoms with Crippen molar-refractivity contribution in [3.8, 4) is 0 Å². The molecule has 0 bridgehead atoms. The molecule has 1 N–H and O–H groups in total. The molecular weight excluding hydrogens is 347 g/mol. The molecule has 5 nitrogen and oxygen atoms in total. The average molecular weight is 370 g/mol. The van der Waals surface area contributed by atoms with Crippen LogP contribution in [0.5, 0.6) is 0 Å². The summed E-state index contributed by atoms with van der Waals surface area (Å²) in [6.07, 6.45) is 0.970. The summed E-state index contributed by atoms with van der Waals surface area (Å²) in [7, 11) is 0. The fourth-order valence-electron chi connectivity index (χ4n) is 3.11. The lowest BCUT2D eigenvalue weighted by molar-refractivity contribution is 0.0730. The van der Waals surface area contributed by atoms with E-state index < -0.39 is 5.82 Å². The minimum absolute atomic E-state index is 0.0673. The summed E-state index contributed by atoms with van der Waals surface area (Å²) in [4.78, 5) is 26.9. The van der Waals surface area contributed by atoms with Crippen LogP contribution >= 0.6 is 0 Å². The van der Waals surface area contributed by atoms with Crippen molar-refractivity contribution in [2.24, 2.45) is 5.92 Å². The van der Waals surface area contributed by atoms with E-state index in [2.05, 4.69) is 5.32 Å². The lowest BCUT2D eigenvalue weighted by Crippen LogP contribution is -2.35. The molecule has 0 aliphatic carbocycles. The lowest BCUT2D eigenvalue weighted by atomic mass is 10.1. The second-order valence-electron chi connectivity index (χ2n) is 6.62. The van der Waals surface area contributed by atoms with Gasteiger partial charge < -0.3 is 15.0 Å². The summed E-state index contributed by atoms with van der Waals surface area (Å²) < 4.78 is 18.4. The fraction of sp³-hybridized carbons (Fsp3) is 0.333. The van der Waals surface area contributed by atoms with Gasteiger partial charge in [-0.05, 0) is 55.8 Å². The molecule has 2 amide bonds. The normalized spacial score (nSPS) is 16.1. The maximum absolute atomic E-state index is 13.0. The first-order chi connectivity index (χ1) is 13.1. The first kappa shape index (κ1) is 19.0. The van der Waals surface area contributed by atoms with E-state index in [1.165, 1.54) is 24.3 Å². The van der Waals surface area contributed by atoms with Gasteiger partial charge in [-0.15, -0.1) is 0 Å². The molecule has 2 aromatic rings. The molecule has 1 fully saturated rings. The van der Waals surface area contributed by atoms with Crippen LogP contribution in [0.15, 0.2) is 48.5 Å². The number of hydrogen-bond acceptors (Lipinski definition) is 3. The van der Waals surface area contributed by atoms with Crippen molar-refractivity contribution in [1.29, 1.82) is 0 Å². The lowest BCUT2D eigenvalue weighted by Gasteiger charge is -2.24. The molecule has 142 valence electrons. The summed E-state index contributed by atoms with van der Waals surface area (Å²) >= 11 is 0. The number of rotatable bonds is 6. The molecule has 6 heteroatoms. The number of ether oxygens (including phenoxy) is 1. The van der Waals surface area contributed by atoms with Crippen molar-refractivity contribution in [1.82, 2.24) is 4.90 Å². The molecule has 0 saturated carbocycles. The highest BCUT2D eigenvalue weighted by molar-refractivity contribution is 6.05. The third-order valence-electron chi connectivity index (χ3n) is 4.65. The number of amides is 2. The third kappa shape index (κ3) is 4.92. The molecule has 0 unspecified atom stereocenters. The van der Waals surface area contributed by atoms with Crippen LogP contribution in [0, 0.1) is 11.7 Å². The third-order valence-corrected chi connectivity index (χ3v) is 4.65. The van der Waals surface area contributed by atoms with Crippen molar-refractivity contribution in [2.45, 2.75) is 13.3 Å². The minimum Gasteiger partial charge on any atom is -0.381 e. The number of benzene rings is 2. The van der Waals surface area contributed by atoms with Gasteiger partial charge in [0.2, 0.25) is 0 Å². The van der Waals surface area contributed by atoms with Crippen molar-refractivity contribution in [3.63, 3.8) is 0 Å². The van der Waals surface area contributed by atoms with Crippen LogP contribution in [0.4, 0.5) is 10.1 Å². The average Bonchev–Trinajstić information content (AvgIpc) is 3.19. The van der Waals surface area contributed by atoms with E-state index in [1.807, 2.05) is 6.92 Å². The Balaban J connectivity index is 1.69. The van der Waals surface area contributed by atoms with E-state index in [4.69, 9.17) is 4.74 Å². The maximum Gasteiger partial charge on any atom is 0.255 e. The zero-order valence-corrected chi connectivity index (χ0v) is 15.3.